The number of carbonyl (C=O) groups excluding carboxylic acids is 2. The van der Waals surface area contributed by atoms with Gasteiger partial charge in [0.25, 0.3) is 17.7 Å². The molecule has 2 amide bonds. The first-order valence-corrected chi connectivity index (χ1v) is 12.2. The summed E-state index contributed by atoms with van der Waals surface area (Å²) in [5.41, 5.74) is 2.97. The number of carbonyl (C=O) groups is 2. The van der Waals surface area contributed by atoms with Gasteiger partial charge < -0.3 is 20.7 Å². The SMILES string of the molecule is COc1cc(C(=O)NC(C)(C)C)ccc1Nc1nc2ccc(-c3cccc(C(=O)NCC(C)(F)F)c3)cn2n1. The molecule has 204 valence electrons. The van der Waals surface area contributed by atoms with E-state index in [9.17, 15) is 18.4 Å². The van der Waals surface area contributed by atoms with Gasteiger partial charge in [0.2, 0.25) is 5.95 Å². The molecular formula is C28H30F2N6O3. The van der Waals surface area contributed by atoms with Crippen LogP contribution in [0.25, 0.3) is 16.8 Å². The van der Waals surface area contributed by atoms with E-state index < -0.39 is 18.4 Å². The zero-order valence-electron chi connectivity index (χ0n) is 22.3. The molecule has 0 unspecified atom stereocenters. The molecule has 9 nitrogen and oxygen atoms in total. The number of methoxy groups -OCH3 is 1. The molecule has 0 saturated heterocycles. The maximum absolute atomic E-state index is 13.1. The number of nitrogens with one attached hydrogen (secondary N) is 3. The topological polar surface area (TPSA) is 110 Å². The van der Waals surface area contributed by atoms with Gasteiger partial charge in [-0.25, -0.2) is 13.3 Å². The summed E-state index contributed by atoms with van der Waals surface area (Å²) in [5, 5.41) is 12.8. The van der Waals surface area contributed by atoms with Crippen LogP contribution in [0.1, 0.15) is 48.4 Å². The van der Waals surface area contributed by atoms with Crippen molar-refractivity contribution in [3.05, 3.63) is 71.9 Å². The van der Waals surface area contributed by atoms with Crippen LogP contribution in [-0.2, 0) is 0 Å². The van der Waals surface area contributed by atoms with Crippen LogP contribution in [0.4, 0.5) is 20.4 Å². The van der Waals surface area contributed by atoms with Crippen LogP contribution in [0.5, 0.6) is 5.75 Å². The van der Waals surface area contributed by atoms with Crippen LogP contribution in [0.2, 0.25) is 0 Å². The molecule has 4 aromatic rings. The predicted molar refractivity (Wildman–Crippen MR) is 145 cm³/mol. The lowest BCUT2D eigenvalue weighted by molar-refractivity contribution is 0.0221. The Morgan fingerprint density at radius 2 is 1.69 bits per heavy atom. The summed E-state index contributed by atoms with van der Waals surface area (Å²) in [6, 6.07) is 15.3. The van der Waals surface area contributed by atoms with Gasteiger partial charge in [0.15, 0.2) is 5.65 Å². The monoisotopic (exact) mass is 536 g/mol. The standard InChI is InChI=1S/C28H30F2N6O3/c1-27(2,3)34-25(38)19-9-11-21(22(14-19)39-5)32-26-33-23-12-10-20(15-36(23)35-26)17-7-6-8-18(13-17)24(37)31-16-28(4,29)30/h6-15H,16H2,1-5H3,(H,31,37)(H,32,35)(H,34,38). The van der Waals surface area contributed by atoms with E-state index >= 15 is 0 Å². The van der Waals surface area contributed by atoms with E-state index in [-0.39, 0.29) is 17.0 Å². The Kier molecular flexibility index (Phi) is 7.53. The van der Waals surface area contributed by atoms with Crippen molar-refractivity contribution in [3.8, 4) is 16.9 Å². The van der Waals surface area contributed by atoms with Crippen molar-refractivity contribution < 1.29 is 23.1 Å². The molecule has 2 aromatic heterocycles. The number of nitrogens with zero attached hydrogens (tertiary/aromatic N) is 3. The van der Waals surface area contributed by atoms with E-state index in [0.717, 1.165) is 12.5 Å². The lowest BCUT2D eigenvalue weighted by Gasteiger charge is -2.21. The number of rotatable bonds is 8. The molecule has 39 heavy (non-hydrogen) atoms. The molecule has 0 atom stereocenters. The lowest BCUT2D eigenvalue weighted by atomic mass is 10.0. The number of pyridine rings is 1. The van der Waals surface area contributed by atoms with Gasteiger partial charge in [0, 0.05) is 35.3 Å². The molecule has 11 heteroatoms. The number of anilines is 2. The number of hydrogen-bond donors (Lipinski definition) is 3. The molecule has 0 spiro atoms. The first-order chi connectivity index (χ1) is 18.3. The van der Waals surface area contributed by atoms with Gasteiger partial charge in [0.1, 0.15) is 5.75 Å². The van der Waals surface area contributed by atoms with Gasteiger partial charge in [-0.3, -0.25) is 9.59 Å². The second-order valence-corrected chi connectivity index (χ2v) is 10.2. The van der Waals surface area contributed by atoms with Crippen molar-refractivity contribution in [1.82, 2.24) is 25.2 Å². The molecule has 0 fully saturated rings. The molecule has 0 saturated carbocycles. The Morgan fingerprint density at radius 3 is 2.38 bits per heavy atom. The maximum Gasteiger partial charge on any atom is 0.262 e. The number of ether oxygens (including phenoxy) is 1. The number of halogens is 2. The van der Waals surface area contributed by atoms with Crippen LogP contribution >= 0.6 is 0 Å². The average molecular weight is 537 g/mol. The quantitative estimate of drug-likeness (QED) is 0.290. The number of hydrogen-bond acceptors (Lipinski definition) is 6. The largest absolute Gasteiger partial charge is 0.495 e. The summed E-state index contributed by atoms with van der Waals surface area (Å²) in [7, 11) is 1.51. The minimum absolute atomic E-state index is 0.212. The molecule has 2 heterocycles. The summed E-state index contributed by atoms with van der Waals surface area (Å²) in [6.45, 7) is 5.72. The fourth-order valence-corrected chi connectivity index (χ4v) is 3.75. The van der Waals surface area contributed by atoms with Gasteiger partial charge in [-0.15, -0.1) is 5.10 Å². The van der Waals surface area contributed by atoms with Crippen LogP contribution < -0.4 is 20.7 Å². The maximum atomic E-state index is 13.1. The third-order valence-corrected chi connectivity index (χ3v) is 5.55. The number of fused-ring (bicyclic) bond motifs is 1. The molecular weight excluding hydrogens is 506 g/mol. The molecule has 2 aromatic carbocycles. The van der Waals surface area contributed by atoms with E-state index in [1.54, 1.807) is 53.2 Å². The molecule has 0 aliphatic heterocycles. The molecule has 0 aliphatic rings. The summed E-state index contributed by atoms with van der Waals surface area (Å²) >= 11 is 0. The number of benzene rings is 2. The van der Waals surface area contributed by atoms with Crippen molar-refractivity contribution in [2.45, 2.75) is 39.2 Å². The Hall–Kier alpha value is -4.54. The summed E-state index contributed by atoms with van der Waals surface area (Å²) < 4.78 is 33.3. The van der Waals surface area contributed by atoms with Crippen molar-refractivity contribution in [2.75, 3.05) is 19.0 Å². The van der Waals surface area contributed by atoms with E-state index in [1.165, 1.54) is 7.11 Å². The van der Waals surface area contributed by atoms with Crippen LogP contribution in [-0.4, -0.2) is 51.5 Å². The zero-order valence-corrected chi connectivity index (χ0v) is 22.3. The highest BCUT2D eigenvalue weighted by molar-refractivity contribution is 5.96. The number of aromatic nitrogens is 3. The summed E-state index contributed by atoms with van der Waals surface area (Å²) in [5.74, 6) is -3.03. The van der Waals surface area contributed by atoms with Gasteiger partial charge >= 0.3 is 0 Å². The second kappa shape index (κ2) is 10.7. The van der Waals surface area contributed by atoms with E-state index in [2.05, 4.69) is 26.0 Å². The van der Waals surface area contributed by atoms with Crippen LogP contribution in [0, 0.1) is 0 Å². The minimum Gasteiger partial charge on any atom is -0.495 e. The normalized spacial score (nSPS) is 11.8. The predicted octanol–water partition coefficient (Wildman–Crippen LogP) is 5.06. The van der Waals surface area contributed by atoms with E-state index in [4.69, 9.17) is 4.74 Å². The fraction of sp³-hybridized carbons (Fsp3) is 0.286. The van der Waals surface area contributed by atoms with Crippen molar-refractivity contribution in [2.24, 2.45) is 0 Å². The third-order valence-electron chi connectivity index (χ3n) is 5.55. The summed E-state index contributed by atoms with van der Waals surface area (Å²) in [4.78, 5) is 29.3. The lowest BCUT2D eigenvalue weighted by Crippen LogP contribution is -2.40. The Bertz CT molecular complexity index is 1520. The molecule has 0 radical (unpaired) electrons. The first-order valence-electron chi connectivity index (χ1n) is 12.2. The fourth-order valence-electron chi connectivity index (χ4n) is 3.75. The van der Waals surface area contributed by atoms with Gasteiger partial charge in [-0.2, -0.15) is 4.98 Å². The van der Waals surface area contributed by atoms with Crippen LogP contribution in [0.3, 0.4) is 0 Å². The minimum atomic E-state index is -3.00. The Balaban J connectivity index is 1.54. The first kappa shape index (κ1) is 27.5. The Morgan fingerprint density at radius 1 is 0.949 bits per heavy atom. The second-order valence-electron chi connectivity index (χ2n) is 10.2. The molecule has 0 aliphatic carbocycles. The van der Waals surface area contributed by atoms with Crippen molar-refractivity contribution in [3.63, 3.8) is 0 Å². The van der Waals surface area contributed by atoms with Gasteiger partial charge in [-0.05, 0) is 68.8 Å². The van der Waals surface area contributed by atoms with Crippen molar-refractivity contribution >= 4 is 29.1 Å². The van der Waals surface area contributed by atoms with Crippen LogP contribution in [0.15, 0.2) is 60.8 Å². The highest BCUT2D eigenvalue weighted by Crippen LogP contribution is 2.29. The molecule has 0 bridgehead atoms. The molecule has 4 rings (SSSR count). The smallest absolute Gasteiger partial charge is 0.262 e. The Labute approximate surface area is 224 Å². The van der Waals surface area contributed by atoms with E-state index in [1.807, 2.05) is 32.9 Å². The zero-order chi connectivity index (χ0) is 28.4. The summed E-state index contributed by atoms with van der Waals surface area (Å²) in [6.07, 6.45) is 1.75. The van der Waals surface area contributed by atoms with Gasteiger partial charge in [-0.1, -0.05) is 12.1 Å². The van der Waals surface area contributed by atoms with Crippen molar-refractivity contribution in [1.29, 1.82) is 0 Å². The van der Waals surface area contributed by atoms with E-state index in [0.29, 0.717) is 34.2 Å². The number of alkyl halides is 2. The average Bonchev–Trinajstić information content (AvgIpc) is 3.27. The highest BCUT2D eigenvalue weighted by Gasteiger charge is 2.22. The highest BCUT2D eigenvalue weighted by atomic mass is 19.3. The molecule has 3 N–H and O–H groups in total. The third kappa shape index (κ3) is 7.07. The van der Waals surface area contributed by atoms with Gasteiger partial charge in [0.05, 0.1) is 19.3 Å². The number of amides is 2.